The fraction of sp³-hybridized carbons (Fsp3) is 0.581. The van der Waals surface area contributed by atoms with E-state index in [0.29, 0.717) is 24.9 Å². The van der Waals surface area contributed by atoms with Crippen LogP contribution in [0.2, 0.25) is 0 Å². The molecule has 5 aliphatic rings. The minimum absolute atomic E-state index is 0.0439. The molecule has 44 heavy (non-hydrogen) atoms. The second kappa shape index (κ2) is 10.3. The third kappa shape index (κ3) is 4.38. The average Bonchev–Trinajstić information content (AvgIpc) is 3.31. The highest BCUT2D eigenvalue weighted by Crippen LogP contribution is 2.54. The van der Waals surface area contributed by atoms with Gasteiger partial charge in [-0.25, -0.2) is 0 Å². The van der Waals surface area contributed by atoms with Crippen molar-refractivity contribution in [3.8, 4) is 5.75 Å². The molecule has 6 atom stereocenters. The molecule has 1 aliphatic heterocycles. The number of fused-ring (bicyclic) bond motifs is 4. The number of likely N-dealkylation sites (N-methyl/N-ethyl adjacent to an activating group) is 1. The number of likely N-dealkylation sites (tertiary alicyclic amines) is 1. The van der Waals surface area contributed by atoms with E-state index < -0.39 is 93.1 Å². The van der Waals surface area contributed by atoms with Crippen LogP contribution < -0.4 is 5.73 Å². The van der Waals surface area contributed by atoms with E-state index in [2.05, 4.69) is 0 Å². The van der Waals surface area contributed by atoms with Gasteiger partial charge < -0.3 is 26.2 Å². The summed E-state index contributed by atoms with van der Waals surface area (Å²) in [4.78, 5) is 42.6. The van der Waals surface area contributed by atoms with Crippen LogP contribution in [0.1, 0.15) is 54.4 Å². The van der Waals surface area contributed by atoms with Crippen LogP contribution in [0.15, 0.2) is 23.0 Å². The Labute approximate surface area is 251 Å². The van der Waals surface area contributed by atoms with E-state index in [1.807, 2.05) is 4.90 Å². The average molecular weight is 620 g/mol. The normalized spacial score (nSPS) is 32.5. The van der Waals surface area contributed by atoms with Crippen LogP contribution in [0.4, 0.5) is 13.2 Å². The van der Waals surface area contributed by atoms with Gasteiger partial charge in [-0.2, -0.15) is 13.2 Å². The molecule has 0 bridgehead atoms. The highest BCUT2D eigenvalue weighted by molar-refractivity contribution is 6.24. The summed E-state index contributed by atoms with van der Waals surface area (Å²) in [6.45, 7) is 1.28. The van der Waals surface area contributed by atoms with Crippen molar-refractivity contribution in [1.29, 1.82) is 0 Å². The maximum atomic E-state index is 14.8. The Hall–Kier alpha value is -3.42. The molecule has 10 nitrogen and oxygen atoms in total. The van der Waals surface area contributed by atoms with Crippen LogP contribution in [0.25, 0.3) is 5.76 Å². The van der Waals surface area contributed by atoms with E-state index in [9.17, 15) is 48.0 Å². The van der Waals surface area contributed by atoms with Crippen LogP contribution in [-0.4, -0.2) is 86.5 Å². The van der Waals surface area contributed by atoms with Gasteiger partial charge in [0.2, 0.25) is 5.78 Å². The molecular weight excluding hydrogens is 583 g/mol. The number of primary amides is 1. The van der Waals surface area contributed by atoms with Crippen molar-refractivity contribution in [2.75, 3.05) is 27.2 Å². The second-order valence-corrected chi connectivity index (χ2v) is 13.2. The topological polar surface area (TPSA) is 165 Å². The van der Waals surface area contributed by atoms with Crippen molar-refractivity contribution in [3.05, 3.63) is 45.2 Å². The van der Waals surface area contributed by atoms with Crippen molar-refractivity contribution in [3.63, 3.8) is 0 Å². The first kappa shape index (κ1) is 30.6. The number of nitrogens with zero attached hydrogens (tertiary/aromatic N) is 2. The first-order chi connectivity index (χ1) is 20.6. The molecule has 2 unspecified atom stereocenters. The highest BCUT2D eigenvalue weighted by atomic mass is 19.4. The van der Waals surface area contributed by atoms with Crippen molar-refractivity contribution < 1.29 is 48.0 Å². The lowest BCUT2D eigenvalue weighted by atomic mass is 9.57. The molecule has 1 aromatic rings. The Balaban J connectivity index is 1.48. The summed E-state index contributed by atoms with van der Waals surface area (Å²) in [6.07, 6.45) is -1.29. The molecule has 4 aliphatic carbocycles. The molecule has 0 radical (unpaired) electrons. The van der Waals surface area contributed by atoms with Crippen LogP contribution in [0.5, 0.6) is 5.75 Å². The second-order valence-electron chi connectivity index (χ2n) is 13.2. The standard InChI is InChI=1S/C31H36F3N3O7/c1-36(2)24-18-8-15-7-17-21(25(39)20(15)27(41)30(18,44)28(42)22(26(24)40)29(35)43)19(38)9-16(23(17)31(32,33)34)12-37-10-13-5-3-4-6-14(13)11-37/h9,13-15,18,24,38-39,42,44H,3-8,10-12H2,1-2H3,(H2,35,43)/t13?,14?,15-,18-,24-,30-/m0/s1. The molecule has 1 heterocycles. The fourth-order valence-corrected chi connectivity index (χ4v) is 8.73. The summed E-state index contributed by atoms with van der Waals surface area (Å²) in [5, 5.41) is 45.0. The number of alkyl halides is 3. The quantitative estimate of drug-likeness (QED) is 0.319. The Morgan fingerprint density at radius 1 is 1.11 bits per heavy atom. The number of aliphatic hydroxyl groups excluding tert-OH is 2. The third-order valence-corrected chi connectivity index (χ3v) is 10.5. The number of halogens is 3. The van der Waals surface area contributed by atoms with E-state index in [-0.39, 0.29) is 24.1 Å². The van der Waals surface area contributed by atoms with Crippen molar-refractivity contribution in [2.45, 2.75) is 62.9 Å². The van der Waals surface area contributed by atoms with Crippen LogP contribution in [0, 0.1) is 23.7 Å². The number of hydrogen-bond acceptors (Lipinski definition) is 9. The number of phenolic OH excluding ortho intramolecular Hbond substituents is 1. The Kier molecular flexibility index (Phi) is 7.17. The number of carbonyl (C=O) groups excluding carboxylic acids is 3. The Morgan fingerprint density at radius 3 is 2.27 bits per heavy atom. The van der Waals surface area contributed by atoms with Gasteiger partial charge in [0.15, 0.2) is 11.4 Å². The predicted molar refractivity (Wildman–Crippen MR) is 150 cm³/mol. The Bertz CT molecular complexity index is 1520. The van der Waals surface area contributed by atoms with E-state index >= 15 is 0 Å². The number of Topliss-reactive ketones (excluding diaryl/α,β-unsaturated/α-hetero) is 2. The zero-order valence-corrected chi connectivity index (χ0v) is 24.4. The van der Waals surface area contributed by atoms with Gasteiger partial charge in [0, 0.05) is 31.1 Å². The summed E-state index contributed by atoms with van der Waals surface area (Å²) < 4.78 is 44.5. The molecule has 0 aromatic heterocycles. The number of aromatic hydroxyl groups is 1. The SMILES string of the molecule is CN(C)[C@@H]1C(=O)C(C(N)=O)=C(O)[C@@]2(O)C(=O)C3=C(O)c4c(O)cc(CN5CC6CCCCC6C5)c(C(F)(F)F)c4C[C@H]3C[C@@H]12. The van der Waals surface area contributed by atoms with Gasteiger partial charge in [0.25, 0.3) is 5.91 Å². The monoisotopic (exact) mass is 619 g/mol. The van der Waals surface area contributed by atoms with Crippen LogP contribution >= 0.6 is 0 Å². The Morgan fingerprint density at radius 2 is 1.73 bits per heavy atom. The van der Waals surface area contributed by atoms with Crippen molar-refractivity contribution in [2.24, 2.45) is 29.4 Å². The van der Waals surface area contributed by atoms with Crippen LogP contribution in [-0.2, 0) is 33.5 Å². The largest absolute Gasteiger partial charge is 0.508 e. The molecule has 3 fully saturated rings. The van der Waals surface area contributed by atoms with Crippen molar-refractivity contribution >= 4 is 23.2 Å². The number of phenols is 1. The molecule has 6 N–H and O–H groups in total. The number of rotatable bonds is 4. The number of nitrogens with two attached hydrogens (primary N) is 1. The zero-order chi connectivity index (χ0) is 32.0. The number of benzene rings is 1. The minimum Gasteiger partial charge on any atom is -0.508 e. The van der Waals surface area contributed by atoms with Gasteiger partial charge in [-0.15, -0.1) is 0 Å². The van der Waals surface area contributed by atoms with Gasteiger partial charge in [0.1, 0.15) is 22.8 Å². The summed E-state index contributed by atoms with van der Waals surface area (Å²) in [5.74, 6) is -8.03. The summed E-state index contributed by atoms with van der Waals surface area (Å²) in [5.41, 5.74) is -1.03. The zero-order valence-electron chi connectivity index (χ0n) is 24.4. The smallest absolute Gasteiger partial charge is 0.417 e. The third-order valence-electron chi connectivity index (χ3n) is 10.5. The lowest BCUT2D eigenvalue weighted by Crippen LogP contribution is -2.65. The number of aliphatic hydroxyl groups is 3. The summed E-state index contributed by atoms with van der Waals surface area (Å²) in [6, 6.07) is -0.344. The summed E-state index contributed by atoms with van der Waals surface area (Å²) >= 11 is 0. The molecule has 2 saturated carbocycles. The molecular formula is C31H36F3N3O7. The van der Waals surface area contributed by atoms with E-state index in [1.165, 1.54) is 19.0 Å². The van der Waals surface area contributed by atoms with E-state index in [1.54, 1.807) is 0 Å². The first-order valence-electron chi connectivity index (χ1n) is 14.9. The molecule has 0 spiro atoms. The van der Waals surface area contributed by atoms with Gasteiger partial charge in [-0.05, 0) is 74.7 Å². The molecule has 1 amide bonds. The molecule has 6 rings (SSSR count). The molecule has 13 heteroatoms. The molecule has 1 aromatic carbocycles. The maximum absolute atomic E-state index is 14.8. The number of hydrogen-bond donors (Lipinski definition) is 5. The van der Waals surface area contributed by atoms with Gasteiger partial charge in [-0.3, -0.25) is 24.2 Å². The minimum atomic E-state index is -4.86. The van der Waals surface area contributed by atoms with E-state index in [4.69, 9.17) is 5.73 Å². The maximum Gasteiger partial charge on any atom is 0.417 e. The fourth-order valence-electron chi connectivity index (χ4n) is 8.73. The first-order valence-corrected chi connectivity index (χ1v) is 14.9. The van der Waals surface area contributed by atoms with Gasteiger partial charge in [-0.1, -0.05) is 12.8 Å². The van der Waals surface area contributed by atoms with E-state index in [0.717, 1.165) is 31.7 Å². The van der Waals surface area contributed by atoms with Crippen LogP contribution in [0.3, 0.4) is 0 Å². The van der Waals surface area contributed by atoms with Crippen molar-refractivity contribution in [1.82, 2.24) is 9.80 Å². The predicted octanol–water partition coefficient (Wildman–Crippen LogP) is 2.60. The highest BCUT2D eigenvalue weighted by Gasteiger charge is 2.64. The molecule has 1 saturated heterocycles. The molecule has 238 valence electrons. The lowest BCUT2D eigenvalue weighted by molar-refractivity contribution is -0.153. The van der Waals surface area contributed by atoms with Gasteiger partial charge >= 0.3 is 6.18 Å². The number of ketones is 2. The summed E-state index contributed by atoms with van der Waals surface area (Å²) in [7, 11) is 2.90. The number of carbonyl (C=O) groups is 3. The lowest BCUT2D eigenvalue weighted by Gasteiger charge is -2.50. The van der Waals surface area contributed by atoms with Gasteiger partial charge in [0.05, 0.1) is 17.2 Å². The number of amides is 1.